The van der Waals surface area contributed by atoms with E-state index >= 15 is 0 Å². The van der Waals surface area contributed by atoms with Crippen LogP contribution in [0.2, 0.25) is 0 Å². The molecular formula is C14H16N2O2S. The van der Waals surface area contributed by atoms with E-state index in [0.29, 0.717) is 17.7 Å². The summed E-state index contributed by atoms with van der Waals surface area (Å²) in [6.07, 6.45) is 0. The lowest BCUT2D eigenvalue weighted by molar-refractivity contribution is 0.0638. The minimum absolute atomic E-state index is 0.146. The molecule has 0 radical (unpaired) electrons. The molecular weight excluding hydrogens is 260 g/mol. The van der Waals surface area contributed by atoms with Gasteiger partial charge in [0.25, 0.3) is 11.8 Å². The predicted octanol–water partition coefficient (Wildman–Crippen LogP) is 1.33. The number of hydrogen-bond acceptors (Lipinski definition) is 4. The Morgan fingerprint density at radius 1 is 0.947 bits per heavy atom. The molecule has 0 unspecified atom stereocenters. The van der Waals surface area contributed by atoms with E-state index in [1.54, 1.807) is 24.3 Å². The summed E-state index contributed by atoms with van der Waals surface area (Å²) in [6.45, 7) is 3.38. The number of hydrogen-bond donors (Lipinski definition) is 0. The first kappa shape index (κ1) is 12.7. The van der Waals surface area contributed by atoms with E-state index in [4.69, 9.17) is 0 Å². The molecule has 2 amide bonds. The van der Waals surface area contributed by atoms with E-state index < -0.39 is 0 Å². The maximum absolute atomic E-state index is 12.2. The van der Waals surface area contributed by atoms with Crippen LogP contribution in [0.3, 0.4) is 0 Å². The van der Waals surface area contributed by atoms with E-state index in [1.807, 2.05) is 11.8 Å². The van der Waals surface area contributed by atoms with Gasteiger partial charge in [0.15, 0.2) is 0 Å². The summed E-state index contributed by atoms with van der Waals surface area (Å²) in [5.74, 6) is 1.99. The lowest BCUT2D eigenvalue weighted by atomic mass is 10.1. The molecule has 2 heterocycles. The third-order valence-corrected chi connectivity index (χ3v) is 4.56. The molecule has 0 spiro atoms. The average molecular weight is 276 g/mol. The third kappa shape index (κ3) is 2.40. The predicted molar refractivity (Wildman–Crippen MR) is 75.6 cm³/mol. The maximum atomic E-state index is 12.2. The van der Waals surface area contributed by atoms with E-state index in [-0.39, 0.29) is 11.8 Å². The monoisotopic (exact) mass is 276 g/mol. The Kier molecular flexibility index (Phi) is 3.57. The zero-order chi connectivity index (χ0) is 13.2. The van der Waals surface area contributed by atoms with E-state index in [9.17, 15) is 9.59 Å². The van der Waals surface area contributed by atoms with Crippen LogP contribution in [-0.2, 0) is 0 Å². The summed E-state index contributed by atoms with van der Waals surface area (Å²) in [6, 6.07) is 7.06. The topological polar surface area (TPSA) is 40.6 Å². The number of thioether (sulfide) groups is 1. The van der Waals surface area contributed by atoms with Crippen molar-refractivity contribution in [3.63, 3.8) is 0 Å². The van der Waals surface area contributed by atoms with Gasteiger partial charge in [0.05, 0.1) is 11.1 Å². The molecule has 100 valence electrons. The highest BCUT2D eigenvalue weighted by atomic mass is 32.2. The molecule has 3 rings (SSSR count). The molecule has 1 fully saturated rings. The number of imide groups is 1. The van der Waals surface area contributed by atoms with Crippen molar-refractivity contribution in [1.29, 1.82) is 0 Å². The number of amides is 2. The number of nitrogens with zero attached hydrogens (tertiary/aromatic N) is 2. The second-order valence-corrected chi connectivity index (χ2v) is 5.99. The van der Waals surface area contributed by atoms with Gasteiger partial charge in [0.2, 0.25) is 0 Å². The van der Waals surface area contributed by atoms with Gasteiger partial charge in [-0.2, -0.15) is 11.8 Å². The zero-order valence-corrected chi connectivity index (χ0v) is 11.5. The molecule has 19 heavy (non-hydrogen) atoms. The summed E-state index contributed by atoms with van der Waals surface area (Å²) in [4.78, 5) is 28.0. The summed E-state index contributed by atoms with van der Waals surface area (Å²) in [5.41, 5.74) is 1.09. The molecule has 2 aliphatic rings. The summed E-state index contributed by atoms with van der Waals surface area (Å²) in [5, 5.41) is 0. The van der Waals surface area contributed by atoms with E-state index in [0.717, 1.165) is 31.1 Å². The molecule has 2 aliphatic heterocycles. The lowest BCUT2D eigenvalue weighted by Crippen LogP contribution is -2.41. The fraction of sp³-hybridized carbons (Fsp3) is 0.429. The minimum atomic E-state index is -0.146. The van der Waals surface area contributed by atoms with Crippen LogP contribution in [0.5, 0.6) is 0 Å². The average Bonchev–Trinajstić information content (AvgIpc) is 2.71. The van der Waals surface area contributed by atoms with Crippen LogP contribution in [0.1, 0.15) is 20.7 Å². The Labute approximate surface area is 116 Å². The van der Waals surface area contributed by atoms with Crippen molar-refractivity contribution in [3.05, 3.63) is 35.4 Å². The van der Waals surface area contributed by atoms with Crippen molar-refractivity contribution in [2.45, 2.75) is 0 Å². The van der Waals surface area contributed by atoms with Crippen molar-refractivity contribution in [3.8, 4) is 0 Å². The molecule has 4 nitrogen and oxygen atoms in total. The summed E-state index contributed by atoms with van der Waals surface area (Å²) >= 11 is 1.96. The van der Waals surface area contributed by atoms with Gasteiger partial charge in [-0.25, -0.2) is 0 Å². The second kappa shape index (κ2) is 5.35. The maximum Gasteiger partial charge on any atom is 0.261 e. The standard InChI is InChI=1S/C14H16N2O2S/c17-13-11-3-1-2-4-12(11)14(18)16(13)6-5-15-7-9-19-10-8-15/h1-4H,5-10H2. The Morgan fingerprint density at radius 3 is 2.11 bits per heavy atom. The highest BCUT2D eigenvalue weighted by Gasteiger charge is 2.34. The smallest absolute Gasteiger partial charge is 0.261 e. The first-order valence-electron chi connectivity index (χ1n) is 6.53. The molecule has 0 saturated carbocycles. The Balaban J connectivity index is 1.67. The highest BCUT2D eigenvalue weighted by Crippen LogP contribution is 2.22. The van der Waals surface area contributed by atoms with Crippen molar-refractivity contribution >= 4 is 23.6 Å². The van der Waals surface area contributed by atoms with Gasteiger partial charge in [0.1, 0.15) is 0 Å². The number of carbonyl (C=O) groups is 2. The number of fused-ring (bicyclic) bond motifs is 1. The zero-order valence-electron chi connectivity index (χ0n) is 10.7. The first-order chi connectivity index (χ1) is 9.27. The molecule has 5 heteroatoms. The highest BCUT2D eigenvalue weighted by molar-refractivity contribution is 7.99. The Morgan fingerprint density at radius 2 is 1.53 bits per heavy atom. The van der Waals surface area contributed by atoms with Gasteiger partial charge in [-0.3, -0.25) is 19.4 Å². The van der Waals surface area contributed by atoms with Crippen LogP contribution in [0.15, 0.2) is 24.3 Å². The van der Waals surface area contributed by atoms with Crippen LogP contribution >= 0.6 is 11.8 Å². The van der Waals surface area contributed by atoms with Crippen LogP contribution in [0.4, 0.5) is 0 Å². The van der Waals surface area contributed by atoms with Crippen molar-refractivity contribution in [1.82, 2.24) is 9.80 Å². The number of rotatable bonds is 3. The molecule has 0 aliphatic carbocycles. The van der Waals surface area contributed by atoms with Gasteiger partial charge in [-0.15, -0.1) is 0 Å². The van der Waals surface area contributed by atoms with Crippen molar-refractivity contribution in [2.75, 3.05) is 37.7 Å². The third-order valence-electron chi connectivity index (χ3n) is 3.62. The fourth-order valence-electron chi connectivity index (χ4n) is 2.51. The van der Waals surface area contributed by atoms with Crippen LogP contribution in [0.25, 0.3) is 0 Å². The molecule has 1 aromatic carbocycles. The molecule has 1 saturated heterocycles. The molecule has 0 bridgehead atoms. The Hall–Kier alpha value is -1.33. The number of benzene rings is 1. The van der Waals surface area contributed by atoms with Crippen LogP contribution in [0, 0.1) is 0 Å². The van der Waals surface area contributed by atoms with Gasteiger partial charge < -0.3 is 0 Å². The van der Waals surface area contributed by atoms with Gasteiger partial charge in [-0.05, 0) is 12.1 Å². The van der Waals surface area contributed by atoms with Gasteiger partial charge >= 0.3 is 0 Å². The van der Waals surface area contributed by atoms with E-state index in [2.05, 4.69) is 4.90 Å². The first-order valence-corrected chi connectivity index (χ1v) is 7.68. The summed E-state index contributed by atoms with van der Waals surface area (Å²) < 4.78 is 0. The van der Waals surface area contributed by atoms with Gasteiger partial charge in [0, 0.05) is 37.7 Å². The second-order valence-electron chi connectivity index (χ2n) is 4.76. The molecule has 0 atom stereocenters. The molecule has 0 aromatic heterocycles. The molecule has 0 N–H and O–H groups in total. The van der Waals surface area contributed by atoms with Gasteiger partial charge in [-0.1, -0.05) is 12.1 Å². The largest absolute Gasteiger partial charge is 0.300 e. The minimum Gasteiger partial charge on any atom is -0.300 e. The lowest BCUT2D eigenvalue weighted by Gasteiger charge is -2.27. The van der Waals surface area contributed by atoms with Crippen LogP contribution in [-0.4, -0.2) is 59.3 Å². The fourth-order valence-corrected chi connectivity index (χ4v) is 3.49. The number of carbonyl (C=O) groups excluding carboxylic acids is 2. The normalized spacial score (nSPS) is 19.9. The SMILES string of the molecule is O=C1c2ccccc2C(=O)N1CCN1CCSCC1. The van der Waals surface area contributed by atoms with E-state index in [1.165, 1.54) is 4.90 Å². The van der Waals surface area contributed by atoms with Crippen molar-refractivity contribution in [2.24, 2.45) is 0 Å². The quantitative estimate of drug-likeness (QED) is 0.781. The molecule has 1 aromatic rings. The van der Waals surface area contributed by atoms with Crippen molar-refractivity contribution < 1.29 is 9.59 Å². The summed E-state index contributed by atoms with van der Waals surface area (Å²) in [7, 11) is 0. The van der Waals surface area contributed by atoms with Crippen LogP contribution < -0.4 is 0 Å². The Bertz CT molecular complexity index is 477.